The first-order valence-electron chi connectivity index (χ1n) is 9.37. The van der Waals surface area contributed by atoms with Crippen LogP contribution in [0.4, 0.5) is 11.4 Å². The average molecular weight is 438 g/mol. The molecule has 0 bridgehead atoms. The van der Waals surface area contributed by atoms with Crippen LogP contribution in [0.1, 0.15) is 20.9 Å². The lowest BCUT2D eigenvalue weighted by Gasteiger charge is -2.15. The van der Waals surface area contributed by atoms with E-state index in [0.717, 1.165) is 0 Å². The zero-order chi connectivity index (χ0) is 23.1. The van der Waals surface area contributed by atoms with Gasteiger partial charge in [-0.05, 0) is 42.5 Å². The molecule has 166 valence electrons. The fourth-order valence-electron chi connectivity index (χ4n) is 2.85. The average Bonchev–Trinajstić information content (AvgIpc) is 3.33. The summed E-state index contributed by atoms with van der Waals surface area (Å²) in [6.07, 6.45) is 1.41. The van der Waals surface area contributed by atoms with Crippen LogP contribution in [-0.2, 0) is 0 Å². The van der Waals surface area contributed by atoms with Crippen LogP contribution >= 0.6 is 0 Å². The van der Waals surface area contributed by atoms with Gasteiger partial charge in [0.05, 0.1) is 27.6 Å². The first kappa shape index (κ1) is 22.2. The first-order valence-corrected chi connectivity index (χ1v) is 9.37. The zero-order valence-corrected chi connectivity index (χ0v) is 17.6. The molecule has 1 heterocycles. The van der Waals surface area contributed by atoms with Gasteiger partial charge in [0.15, 0.2) is 23.2 Å². The molecule has 0 atom stereocenters. The highest BCUT2D eigenvalue weighted by atomic mass is 16.5. The molecule has 3 aromatic rings. The molecule has 10 heteroatoms. The van der Waals surface area contributed by atoms with Crippen LogP contribution in [0, 0.1) is 5.41 Å². The monoisotopic (exact) mass is 438 g/mol. The van der Waals surface area contributed by atoms with Crippen molar-refractivity contribution < 1.29 is 28.2 Å². The predicted octanol–water partition coefficient (Wildman–Crippen LogP) is 3.33. The number of carbonyl (C=O) groups is 2. The van der Waals surface area contributed by atoms with Crippen molar-refractivity contribution in [1.82, 2.24) is 5.32 Å². The Bertz CT molecular complexity index is 1100. The van der Waals surface area contributed by atoms with Crippen molar-refractivity contribution in [1.29, 1.82) is 5.41 Å². The zero-order valence-electron chi connectivity index (χ0n) is 17.6. The van der Waals surface area contributed by atoms with Crippen molar-refractivity contribution in [3.05, 3.63) is 66.1 Å². The highest BCUT2D eigenvalue weighted by Crippen LogP contribution is 2.38. The van der Waals surface area contributed by atoms with Crippen LogP contribution in [0.15, 0.2) is 59.2 Å². The summed E-state index contributed by atoms with van der Waals surface area (Å²) in [5.74, 6) is -0.0601. The number of anilines is 2. The van der Waals surface area contributed by atoms with Crippen molar-refractivity contribution in [2.24, 2.45) is 0 Å². The van der Waals surface area contributed by atoms with Crippen LogP contribution in [0.25, 0.3) is 0 Å². The highest BCUT2D eigenvalue weighted by molar-refractivity contribution is 6.09. The maximum absolute atomic E-state index is 12.6. The Kier molecular flexibility index (Phi) is 6.96. The number of rotatable bonds is 7. The summed E-state index contributed by atoms with van der Waals surface area (Å²) in [6.45, 7) is 0. The maximum Gasteiger partial charge on any atom is 0.291 e. The second kappa shape index (κ2) is 10.0. The van der Waals surface area contributed by atoms with Crippen molar-refractivity contribution in [2.75, 3.05) is 32.0 Å². The van der Waals surface area contributed by atoms with Gasteiger partial charge in [0.1, 0.15) is 0 Å². The fourth-order valence-corrected chi connectivity index (χ4v) is 2.85. The normalized spacial score (nSPS) is 10.1. The lowest BCUT2D eigenvalue weighted by atomic mass is 10.1. The minimum Gasteiger partial charge on any atom is -0.493 e. The van der Waals surface area contributed by atoms with E-state index in [1.807, 2.05) is 0 Å². The van der Waals surface area contributed by atoms with Gasteiger partial charge in [-0.3, -0.25) is 20.3 Å². The molecule has 0 saturated heterocycles. The molecule has 10 nitrogen and oxygen atoms in total. The smallest absolute Gasteiger partial charge is 0.291 e. The second-order valence-corrected chi connectivity index (χ2v) is 6.38. The largest absolute Gasteiger partial charge is 0.493 e. The van der Waals surface area contributed by atoms with Crippen LogP contribution in [-0.4, -0.2) is 39.1 Å². The highest BCUT2D eigenvalue weighted by Gasteiger charge is 2.18. The molecule has 0 saturated carbocycles. The number of benzene rings is 2. The molecule has 3 rings (SSSR count). The third kappa shape index (κ3) is 5.17. The fraction of sp³-hybridized carbons (Fsp3) is 0.136. The number of furan rings is 1. The van der Waals surface area contributed by atoms with Gasteiger partial charge in [0.25, 0.3) is 11.8 Å². The molecule has 0 radical (unpaired) electrons. The topological polar surface area (TPSA) is 135 Å². The van der Waals surface area contributed by atoms with Crippen molar-refractivity contribution in [3.8, 4) is 17.2 Å². The number of hydrogen-bond donors (Lipinski definition) is 4. The molecule has 2 aromatic carbocycles. The number of hydrogen-bond acceptors (Lipinski definition) is 7. The molecule has 32 heavy (non-hydrogen) atoms. The summed E-state index contributed by atoms with van der Waals surface area (Å²) >= 11 is 0. The summed E-state index contributed by atoms with van der Waals surface area (Å²) in [6, 6.07) is 12.8. The van der Waals surface area contributed by atoms with Gasteiger partial charge in [-0.2, -0.15) is 0 Å². The predicted molar refractivity (Wildman–Crippen MR) is 118 cm³/mol. The molecule has 0 aliphatic heterocycles. The second-order valence-electron chi connectivity index (χ2n) is 6.38. The van der Waals surface area contributed by atoms with Crippen molar-refractivity contribution in [2.45, 2.75) is 0 Å². The molecule has 2 amide bonds. The minimum absolute atomic E-state index is 0.175. The SMILES string of the molecule is COc1cc(C(=O)NC(=N)Nc2cccc(NC(=O)c3ccco3)c2)cc(OC)c1OC. The van der Waals surface area contributed by atoms with Gasteiger partial charge in [0, 0.05) is 16.9 Å². The molecule has 0 fully saturated rings. The quantitative estimate of drug-likeness (QED) is 0.328. The molecule has 1 aromatic heterocycles. The van der Waals surface area contributed by atoms with E-state index in [1.54, 1.807) is 36.4 Å². The third-order valence-electron chi connectivity index (χ3n) is 4.30. The summed E-state index contributed by atoms with van der Waals surface area (Å²) in [5, 5.41) is 16.0. The first-order chi connectivity index (χ1) is 15.4. The Hall–Kier alpha value is -4.47. The third-order valence-corrected chi connectivity index (χ3v) is 4.30. The minimum atomic E-state index is -0.552. The Morgan fingerprint density at radius 3 is 2.06 bits per heavy atom. The van der Waals surface area contributed by atoms with E-state index in [0.29, 0.717) is 28.6 Å². The number of carbonyl (C=O) groups excluding carboxylic acids is 2. The summed E-state index contributed by atoms with van der Waals surface area (Å²) in [7, 11) is 4.35. The molecule has 0 spiro atoms. The Balaban J connectivity index is 1.67. The molecular weight excluding hydrogens is 416 g/mol. The van der Waals surface area contributed by atoms with Gasteiger partial charge in [-0.15, -0.1) is 0 Å². The number of guanidine groups is 1. The van der Waals surface area contributed by atoms with Crippen LogP contribution in [0.3, 0.4) is 0 Å². The number of nitrogens with one attached hydrogen (secondary N) is 4. The van der Waals surface area contributed by atoms with Gasteiger partial charge >= 0.3 is 0 Å². The van der Waals surface area contributed by atoms with E-state index >= 15 is 0 Å². The number of methoxy groups -OCH3 is 3. The lowest BCUT2D eigenvalue weighted by molar-refractivity contribution is 0.0973. The van der Waals surface area contributed by atoms with E-state index in [-0.39, 0.29) is 17.3 Å². The maximum atomic E-state index is 12.6. The van der Waals surface area contributed by atoms with E-state index < -0.39 is 11.8 Å². The Morgan fingerprint density at radius 1 is 0.844 bits per heavy atom. The standard InChI is InChI=1S/C22H22N4O6/c1-29-17-10-13(11-18(30-2)19(17)31-3)20(27)26-22(23)25-15-7-4-6-14(12-15)24-21(28)16-8-5-9-32-16/h4-12H,1-3H3,(H,24,28)(H3,23,25,26,27). The van der Waals surface area contributed by atoms with E-state index in [9.17, 15) is 9.59 Å². The molecule has 0 aliphatic rings. The lowest BCUT2D eigenvalue weighted by Crippen LogP contribution is -2.35. The van der Waals surface area contributed by atoms with E-state index in [2.05, 4.69) is 16.0 Å². The van der Waals surface area contributed by atoms with Gasteiger partial charge < -0.3 is 29.3 Å². The van der Waals surface area contributed by atoms with Gasteiger partial charge in [-0.25, -0.2) is 0 Å². The van der Waals surface area contributed by atoms with Crippen LogP contribution < -0.4 is 30.2 Å². The van der Waals surface area contributed by atoms with Crippen molar-refractivity contribution in [3.63, 3.8) is 0 Å². The van der Waals surface area contributed by atoms with Crippen LogP contribution in [0.2, 0.25) is 0 Å². The Morgan fingerprint density at radius 2 is 1.50 bits per heavy atom. The molecular formula is C22H22N4O6. The molecule has 0 aliphatic carbocycles. The van der Waals surface area contributed by atoms with E-state index in [4.69, 9.17) is 24.0 Å². The Labute approximate surface area is 184 Å². The number of ether oxygens (including phenoxy) is 3. The molecule has 4 N–H and O–H groups in total. The molecule has 0 unspecified atom stereocenters. The van der Waals surface area contributed by atoms with Crippen LogP contribution in [0.5, 0.6) is 17.2 Å². The summed E-state index contributed by atoms with van der Waals surface area (Å²) in [5.41, 5.74) is 1.18. The summed E-state index contributed by atoms with van der Waals surface area (Å²) in [4.78, 5) is 24.7. The number of amides is 2. The van der Waals surface area contributed by atoms with E-state index in [1.165, 1.54) is 39.7 Å². The van der Waals surface area contributed by atoms with Crippen molar-refractivity contribution >= 4 is 29.1 Å². The summed E-state index contributed by atoms with van der Waals surface area (Å²) < 4.78 is 20.8. The van der Waals surface area contributed by atoms with Gasteiger partial charge in [0.2, 0.25) is 5.75 Å². The van der Waals surface area contributed by atoms with Gasteiger partial charge in [-0.1, -0.05) is 6.07 Å².